The number of imidazole rings is 1. The minimum absolute atomic E-state index is 1.01. The van der Waals surface area contributed by atoms with Gasteiger partial charge in [-0.05, 0) is 26.3 Å². The van der Waals surface area contributed by atoms with Gasteiger partial charge in [0.15, 0.2) is 0 Å². The SMILES string of the molecule is CCCc1nc(C)cc2c1nc(C)n2C. The Bertz CT molecular complexity index is 497. The van der Waals surface area contributed by atoms with Crippen LogP contribution in [0.1, 0.15) is 30.6 Å². The maximum Gasteiger partial charge on any atom is 0.110 e. The average molecular weight is 203 g/mol. The van der Waals surface area contributed by atoms with Crippen LogP contribution in [0.3, 0.4) is 0 Å². The van der Waals surface area contributed by atoms with Crippen molar-refractivity contribution in [2.75, 3.05) is 0 Å². The zero-order chi connectivity index (χ0) is 11.0. The van der Waals surface area contributed by atoms with E-state index in [-0.39, 0.29) is 0 Å². The first kappa shape index (κ1) is 10.1. The van der Waals surface area contributed by atoms with Crippen molar-refractivity contribution in [1.29, 1.82) is 0 Å². The Labute approximate surface area is 90.2 Å². The molecule has 3 heteroatoms. The molecule has 0 aliphatic heterocycles. The van der Waals surface area contributed by atoms with E-state index in [0.29, 0.717) is 0 Å². The first-order chi connectivity index (χ1) is 7.13. The summed E-state index contributed by atoms with van der Waals surface area (Å²) in [6, 6.07) is 2.11. The van der Waals surface area contributed by atoms with Crippen molar-refractivity contribution in [3.8, 4) is 0 Å². The summed E-state index contributed by atoms with van der Waals surface area (Å²) in [4.78, 5) is 9.14. The minimum Gasteiger partial charge on any atom is -0.331 e. The number of fused-ring (bicyclic) bond motifs is 1. The Kier molecular flexibility index (Phi) is 2.47. The zero-order valence-corrected chi connectivity index (χ0v) is 9.83. The fraction of sp³-hybridized carbons (Fsp3) is 0.500. The van der Waals surface area contributed by atoms with E-state index in [1.807, 2.05) is 13.8 Å². The van der Waals surface area contributed by atoms with Gasteiger partial charge in [0.05, 0.1) is 11.2 Å². The quantitative estimate of drug-likeness (QED) is 0.751. The lowest BCUT2D eigenvalue weighted by Crippen LogP contribution is -1.95. The van der Waals surface area contributed by atoms with E-state index < -0.39 is 0 Å². The van der Waals surface area contributed by atoms with Crippen LogP contribution in [0.2, 0.25) is 0 Å². The van der Waals surface area contributed by atoms with Crippen LogP contribution in [0.15, 0.2) is 6.07 Å². The van der Waals surface area contributed by atoms with Gasteiger partial charge in [0.1, 0.15) is 11.3 Å². The Hall–Kier alpha value is -1.38. The molecule has 0 amide bonds. The van der Waals surface area contributed by atoms with Gasteiger partial charge < -0.3 is 4.57 Å². The third-order valence-corrected chi connectivity index (χ3v) is 2.78. The fourth-order valence-electron chi connectivity index (χ4n) is 1.91. The van der Waals surface area contributed by atoms with Gasteiger partial charge in [-0.1, -0.05) is 13.3 Å². The molecule has 2 heterocycles. The largest absolute Gasteiger partial charge is 0.331 e. The highest BCUT2D eigenvalue weighted by molar-refractivity contribution is 5.78. The second-order valence-electron chi connectivity index (χ2n) is 4.05. The third-order valence-electron chi connectivity index (χ3n) is 2.78. The van der Waals surface area contributed by atoms with E-state index in [4.69, 9.17) is 0 Å². The van der Waals surface area contributed by atoms with E-state index in [1.165, 1.54) is 5.52 Å². The van der Waals surface area contributed by atoms with Gasteiger partial charge in [0.25, 0.3) is 0 Å². The molecule has 80 valence electrons. The molecule has 0 saturated heterocycles. The second kappa shape index (κ2) is 3.65. The lowest BCUT2D eigenvalue weighted by atomic mass is 10.2. The maximum absolute atomic E-state index is 4.57. The van der Waals surface area contributed by atoms with Gasteiger partial charge in [-0.25, -0.2) is 4.98 Å². The molecule has 0 atom stereocenters. The van der Waals surface area contributed by atoms with E-state index in [1.54, 1.807) is 0 Å². The molecule has 0 aromatic carbocycles. The van der Waals surface area contributed by atoms with Gasteiger partial charge >= 0.3 is 0 Å². The molecule has 0 aliphatic carbocycles. The molecule has 0 N–H and O–H groups in total. The molecule has 2 rings (SSSR count). The molecule has 2 aromatic rings. The molecule has 0 aliphatic rings. The lowest BCUT2D eigenvalue weighted by molar-refractivity contribution is 0.881. The summed E-state index contributed by atoms with van der Waals surface area (Å²) in [5, 5.41) is 0. The molecular weight excluding hydrogens is 186 g/mol. The summed E-state index contributed by atoms with van der Waals surface area (Å²) < 4.78 is 2.13. The Morgan fingerprint density at radius 3 is 2.67 bits per heavy atom. The van der Waals surface area contributed by atoms with Gasteiger partial charge in [0, 0.05) is 12.7 Å². The van der Waals surface area contributed by atoms with Crippen LogP contribution in [0.25, 0.3) is 11.0 Å². The predicted octanol–water partition coefficient (Wildman–Crippen LogP) is 2.54. The molecule has 0 fully saturated rings. The van der Waals surface area contributed by atoms with Crippen molar-refractivity contribution in [1.82, 2.24) is 14.5 Å². The minimum atomic E-state index is 1.01. The first-order valence-electron chi connectivity index (χ1n) is 5.43. The van der Waals surface area contributed by atoms with Crippen LogP contribution in [-0.4, -0.2) is 14.5 Å². The highest BCUT2D eigenvalue weighted by Crippen LogP contribution is 2.19. The predicted molar refractivity (Wildman–Crippen MR) is 62.0 cm³/mol. The summed E-state index contributed by atoms with van der Waals surface area (Å²) >= 11 is 0. The molecule has 0 unspecified atom stereocenters. The standard InChI is InChI=1S/C12H17N3/c1-5-6-10-12-11(7-8(2)13-10)15(4)9(3)14-12/h7H,5-6H2,1-4H3. The molecule has 0 saturated carbocycles. The summed E-state index contributed by atoms with van der Waals surface area (Å²) in [5.41, 5.74) is 4.48. The zero-order valence-electron chi connectivity index (χ0n) is 9.83. The summed E-state index contributed by atoms with van der Waals surface area (Å²) in [7, 11) is 2.06. The van der Waals surface area contributed by atoms with Crippen LogP contribution in [-0.2, 0) is 13.5 Å². The van der Waals surface area contributed by atoms with E-state index in [9.17, 15) is 0 Å². The molecule has 3 nitrogen and oxygen atoms in total. The number of aryl methyl sites for hydroxylation is 4. The van der Waals surface area contributed by atoms with Crippen LogP contribution in [0.5, 0.6) is 0 Å². The van der Waals surface area contributed by atoms with Crippen LogP contribution >= 0.6 is 0 Å². The summed E-state index contributed by atoms with van der Waals surface area (Å²) in [6.07, 6.45) is 2.12. The topological polar surface area (TPSA) is 30.7 Å². The van der Waals surface area contributed by atoms with Crippen LogP contribution in [0.4, 0.5) is 0 Å². The van der Waals surface area contributed by atoms with E-state index in [0.717, 1.165) is 35.6 Å². The number of hydrogen-bond acceptors (Lipinski definition) is 2. The molecule has 2 aromatic heterocycles. The normalized spacial score (nSPS) is 11.2. The molecule has 0 spiro atoms. The van der Waals surface area contributed by atoms with Gasteiger partial charge in [-0.15, -0.1) is 0 Å². The van der Waals surface area contributed by atoms with Gasteiger partial charge in [0.2, 0.25) is 0 Å². The van der Waals surface area contributed by atoms with Crippen molar-refractivity contribution >= 4 is 11.0 Å². The van der Waals surface area contributed by atoms with Crippen molar-refractivity contribution in [2.24, 2.45) is 7.05 Å². The monoisotopic (exact) mass is 203 g/mol. The van der Waals surface area contributed by atoms with Crippen molar-refractivity contribution in [2.45, 2.75) is 33.6 Å². The number of rotatable bonds is 2. The Morgan fingerprint density at radius 2 is 2.00 bits per heavy atom. The number of aromatic nitrogens is 3. The smallest absolute Gasteiger partial charge is 0.110 e. The van der Waals surface area contributed by atoms with Gasteiger partial charge in [-0.3, -0.25) is 4.98 Å². The number of hydrogen-bond donors (Lipinski definition) is 0. The van der Waals surface area contributed by atoms with Crippen LogP contribution in [0, 0.1) is 13.8 Å². The summed E-state index contributed by atoms with van der Waals surface area (Å²) in [5.74, 6) is 1.05. The average Bonchev–Trinajstić information content (AvgIpc) is 2.46. The second-order valence-corrected chi connectivity index (χ2v) is 4.05. The lowest BCUT2D eigenvalue weighted by Gasteiger charge is -2.02. The highest BCUT2D eigenvalue weighted by Gasteiger charge is 2.10. The highest BCUT2D eigenvalue weighted by atomic mass is 15.1. The number of nitrogens with zero attached hydrogens (tertiary/aromatic N) is 3. The Balaban J connectivity index is 2.74. The molecule has 0 radical (unpaired) electrons. The van der Waals surface area contributed by atoms with Crippen LogP contribution < -0.4 is 0 Å². The molecule has 0 bridgehead atoms. The van der Waals surface area contributed by atoms with Crippen molar-refractivity contribution in [3.63, 3.8) is 0 Å². The fourth-order valence-corrected chi connectivity index (χ4v) is 1.91. The summed E-state index contributed by atoms with van der Waals surface area (Å²) in [6.45, 7) is 6.25. The molecule has 15 heavy (non-hydrogen) atoms. The van der Waals surface area contributed by atoms with Crippen molar-refractivity contribution in [3.05, 3.63) is 23.3 Å². The maximum atomic E-state index is 4.57. The van der Waals surface area contributed by atoms with Crippen molar-refractivity contribution < 1.29 is 0 Å². The first-order valence-corrected chi connectivity index (χ1v) is 5.43. The number of pyridine rings is 1. The van der Waals surface area contributed by atoms with E-state index in [2.05, 4.69) is 34.6 Å². The molecular formula is C12H17N3. The van der Waals surface area contributed by atoms with Gasteiger partial charge in [-0.2, -0.15) is 0 Å². The van der Waals surface area contributed by atoms with E-state index >= 15 is 0 Å². The Morgan fingerprint density at radius 1 is 1.27 bits per heavy atom. The third kappa shape index (κ3) is 1.62.